The van der Waals surface area contributed by atoms with Gasteiger partial charge in [0.05, 0.1) is 0 Å². The lowest BCUT2D eigenvalue weighted by Gasteiger charge is -2.09. The zero-order valence-corrected chi connectivity index (χ0v) is 7.93. The molecule has 0 rings (SSSR count). The van der Waals surface area contributed by atoms with Crippen LogP contribution in [-0.4, -0.2) is 25.9 Å². The first-order valence-corrected chi connectivity index (χ1v) is 4.05. The van der Waals surface area contributed by atoms with Crippen LogP contribution in [0.15, 0.2) is 0 Å². The quantitative estimate of drug-likeness (QED) is 0.332. The lowest BCUT2D eigenvalue weighted by Crippen LogP contribution is -2.33. The number of alkyl halides is 2. The Hall–Kier alpha value is -0.570. The molecule has 0 aliphatic rings. The molecule has 1 N–H and O–H groups in total. The summed E-state index contributed by atoms with van der Waals surface area (Å²) in [6.07, 6.45) is 0.821. The van der Waals surface area contributed by atoms with Crippen LogP contribution in [0.3, 0.4) is 0 Å². The standard InChI is InChI=1S/C6H8Cl2N2O2/c1-2-3-6(7,8)4(10-9)5(11)12/h2-3H2,1H3,(H,11,12). The van der Waals surface area contributed by atoms with E-state index < -0.39 is 16.0 Å². The van der Waals surface area contributed by atoms with Crippen molar-refractivity contribution in [2.75, 3.05) is 0 Å². The molecular weight excluding hydrogens is 203 g/mol. The number of aliphatic carboxylic acids is 1. The monoisotopic (exact) mass is 210 g/mol. The number of carboxylic acids is 1. The average molecular weight is 211 g/mol. The van der Waals surface area contributed by atoms with E-state index in [1.165, 1.54) is 0 Å². The summed E-state index contributed by atoms with van der Waals surface area (Å²) in [6.45, 7) is 1.79. The third-order valence-electron chi connectivity index (χ3n) is 1.21. The van der Waals surface area contributed by atoms with Crippen molar-refractivity contribution < 1.29 is 14.7 Å². The number of halogens is 2. The second-order valence-corrected chi connectivity index (χ2v) is 3.69. The molecule has 0 radical (unpaired) electrons. The average Bonchev–Trinajstić information content (AvgIpc) is 1.86. The third kappa shape index (κ3) is 2.81. The summed E-state index contributed by atoms with van der Waals surface area (Å²) in [7, 11) is 0. The van der Waals surface area contributed by atoms with Crippen LogP contribution in [0.25, 0.3) is 5.53 Å². The molecular formula is C6H8Cl2N2O2. The summed E-state index contributed by atoms with van der Waals surface area (Å²) in [4.78, 5) is 12.9. The van der Waals surface area contributed by atoms with E-state index in [0.29, 0.717) is 6.42 Å². The van der Waals surface area contributed by atoms with Crippen molar-refractivity contribution >= 4 is 34.9 Å². The highest BCUT2D eigenvalue weighted by molar-refractivity contribution is 6.66. The molecule has 6 heteroatoms. The summed E-state index contributed by atoms with van der Waals surface area (Å²) in [5.41, 5.74) is 7.65. The minimum atomic E-state index is -1.62. The zero-order valence-electron chi connectivity index (χ0n) is 6.42. The number of carbonyl (C=O) groups is 1. The lowest BCUT2D eigenvalue weighted by molar-refractivity contribution is -0.134. The Morgan fingerprint density at radius 1 is 1.67 bits per heavy atom. The van der Waals surface area contributed by atoms with Crippen molar-refractivity contribution in [2.24, 2.45) is 0 Å². The second-order valence-electron chi connectivity index (χ2n) is 2.21. The number of carboxylic acid groups (broad SMARTS) is 1. The molecule has 0 saturated carbocycles. The lowest BCUT2D eigenvalue weighted by atomic mass is 10.1. The van der Waals surface area contributed by atoms with E-state index in [-0.39, 0.29) is 6.42 Å². The predicted molar refractivity (Wildman–Crippen MR) is 45.6 cm³/mol. The van der Waals surface area contributed by atoms with Gasteiger partial charge in [-0.1, -0.05) is 36.5 Å². The van der Waals surface area contributed by atoms with Gasteiger partial charge in [-0.15, -0.1) is 0 Å². The van der Waals surface area contributed by atoms with Crippen molar-refractivity contribution in [1.82, 2.24) is 0 Å². The van der Waals surface area contributed by atoms with Crippen molar-refractivity contribution in [1.29, 1.82) is 0 Å². The van der Waals surface area contributed by atoms with Crippen molar-refractivity contribution in [3.05, 3.63) is 5.53 Å². The van der Waals surface area contributed by atoms with Gasteiger partial charge < -0.3 is 10.6 Å². The van der Waals surface area contributed by atoms with E-state index in [0.717, 1.165) is 0 Å². The Labute approximate surface area is 79.7 Å². The van der Waals surface area contributed by atoms with Gasteiger partial charge in [0.15, 0.2) is 0 Å². The molecule has 0 aliphatic carbocycles. The van der Waals surface area contributed by atoms with Crippen LogP contribution in [0.2, 0.25) is 0 Å². The number of nitrogens with zero attached hydrogens (tertiary/aromatic N) is 2. The Kier molecular flexibility index (Phi) is 4.24. The number of rotatable bonds is 4. The fourth-order valence-corrected chi connectivity index (χ4v) is 1.32. The maximum atomic E-state index is 10.4. The zero-order chi connectivity index (χ0) is 9.78. The maximum absolute atomic E-state index is 10.4. The van der Waals surface area contributed by atoms with Gasteiger partial charge in [-0.25, -0.2) is 4.79 Å². The predicted octanol–water partition coefficient (Wildman–Crippen LogP) is 1.72. The first-order chi connectivity index (χ1) is 5.45. The van der Waals surface area contributed by atoms with Gasteiger partial charge in [0.25, 0.3) is 0 Å². The summed E-state index contributed by atoms with van der Waals surface area (Å²) < 4.78 is -1.62. The van der Waals surface area contributed by atoms with E-state index >= 15 is 0 Å². The van der Waals surface area contributed by atoms with Crippen LogP contribution < -0.4 is 0 Å². The smallest absolute Gasteiger partial charge is 0.417 e. The van der Waals surface area contributed by atoms with Crippen molar-refractivity contribution in [3.8, 4) is 0 Å². The van der Waals surface area contributed by atoms with Gasteiger partial charge in [0.2, 0.25) is 4.33 Å². The first kappa shape index (κ1) is 11.4. The van der Waals surface area contributed by atoms with E-state index in [2.05, 4.69) is 4.79 Å². The molecule has 0 spiro atoms. The number of hydrogen-bond donors (Lipinski definition) is 1. The SMILES string of the molecule is CCCC(Cl)(Cl)C(=[N+]=[N-])C(=O)O. The molecule has 0 saturated heterocycles. The summed E-state index contributed by atoms with van der Waals surface area (Å²) >= 11 is 11.2. The van der Waals surface area contributed by atoms with Crippen LogP contribution in [0.1, 0.15) is 19.8 Å². The van der Waals surface area contributed by atoms with Gasteiger partial charge >= 0.3 is 11.7 Å². The Morgan fingerprint density at radius 3 is 2.42 bits per heavy atom. The highest BCUT2D eigenvalue weighted by Gasteiger charge is 2.43. The van der Waals surface area contributed by atoms with Crippen LogP contribution in [0.4, 0.5) is 0 Å². The molecule has 0 bridgehead atoms. The molecule has 0 aliphatic heterocycles. The highest BCUT2D eigenvalue weighted by atomic mass is 35.5. The molecule has 0 atom stereocenters. The molecule has 0 aromatic heterocycles. The minimum Gasteiger partial charge on any atom is -0.473 e. The summed E-state index contributed by atoms with van der Waals surface area (Å²) in [6, 6.07) is 0. The van der Waals surface area contributed by atoms with Crippen LogP contribution in [0, 0.1) is 0 Å². The van der Waals surface area contributed by atoms with Gasteiger partial charge in [-0.2, -0.15) is 4.79 Å². The van der Waals surface area contributed by atoms with Crippen LogP contribution >= 0.6 is 23.2 Å². The molecule has 0 fully saturated rings. The normalized spacial score (nSPS) is 10.6. The second kappa shape index (κ2) is 4.45. The molecule has 12 heavy (non-hydrogen) atoms. The van der Waals surface area contributed by atoms with Crippen LogP contribution in [0.5, 0.6) is 0 Å². The Bertz CT molecular complexity index is 234. The van der Waals surface area contributed by atoms with Crippen molar-refractivity contribution in [3.63, 3.8) is 0 Å². The Balaban J connectivity index is 4.73. The molecule has 0 aromatic rings. The van der Waals surface area contributed by atoms with E-state index in [9.17, 15) is 4.79 Å². The Morgan fingerprint density at radius 2 is 2.17 bits per heavy atom. The largest absolute Gasteiger partial charge is 0.473 e. The van der Waals surface area contributed by atoms with E-state index in [1.807, 2.05) is 0 Å². The minimum absolute atomic E-state index is 0.224. The molecule has 68 valence electrons. The summed E-state index contributed by atoms with van der Waals surface area (Å²) in [5.74, 6) is -1.42. The third-order valence-corrected chi connectivity index (χ3v) is 1.95. The van der Waals surface area contributed by atoms with E-state index in [4.69, 9.17) is 33.8 Å². The maximum Gasteiger partial charge on any atom is 0.417 e. The van der Waals surface area contributed by atoms with Gasteiger partial charge in [0, 0.05) is 0 Å². The molecule has 0 aromatic carbocycles. The van der Waals surface area contributed by atoms with E-state index in [1.54, 1.807) is 6.92 Å². The van der Waals surface area contributed by atoms with Gasteiger partial charge in [-0.3, -0.25) is 0 Å². The molecule has 4 nitrogen and oxygen atoms in total. The van der Waals surface area contributed by atoms with Gasteiger partial charge in [-0.05, 0) is 6.42 Å². The summed E-state index contributed by atoms with van der Waals surface area (Å²) in [5, 5.41) is 8.48. The highest BCUT2D eigenvalue weighted by Crippen LogP contribution is 2.27. The van der Waals surface area contributed by atoms with Crippen molar-refractivity contribution in [2.45, 2.75) is 24.1 Å². The fourth-order valence-electron chi connectivity index (χ4n) is 0.705. The fraction of sp³-hybridized carbons (Fsp3) is 0.667. The number of hydrogen-bond acceptors (Lipinski definition) is 1. The molecule has 0 amide bonds. The van der Waals surface area contributed by atoms with Gasteiger partial charge in [0.1, 0.15) is 0 Å². The van der Waals surface area contributed by atoms with Crippen LogP contribution in [-0.2, 0) is 4.79 Å². The first-order valence-electron chi connectivity index (χ1n) is 3.29. The topological polar surface area (TPSA) is 73.7 Å². The molecule has 0 unspecified atom stereocenters. The molecule has 0 heterocycles.